The SMILES string of the molecule is c1csc(-c2cc(CN3CCC[C@H](Cn4cncn4)C3)no2)c1. The zero-order valence-corrected chi connectivity index (χ0v) is 13.7. The monoisotopic (exact) mass is 329 g/mol. The minimum absolute atomic E-state index is 0.620. The Morgan fingerprint density at radius 1 is 1.39 bits per heavy atom. The van der Waals surface area contributed by atoms with E-state index in [9.17, 15) is 0 Å². The summed E-state index contributed by atoms with van der Waals surface area (Å²) in [4.78, 5) is 7.61. The average Bonchev–Trinajstić information content (AvgIpc) is 3.30. The van der Waals surface area contributed by atoms with Crippen molar-refractivity contribution in [3.63, 3.8) is 0 Å². The normalized spacial score (nSPS) is 19.2. The third-order valence-electron chi connectivity index (χ3n) is 4.22. The van der Waals surface area contributed by atoms with Gasteiger partial charge in [-0.2, -0.15) is 5.10 Å². The van der Waals surface area contributed by atoms with Gasteiger partial charge in [-0.1, -0.05) is 11.2 Å². The Kier molecular flexibility index (Phi) is 4.21. The third-order valence-corrected chi connectivity index (χ3v) is 5.11. The van der Waals surface area contributed by atoms with Crippen LogP contribution in [-0.2, 0) is 13.1 Å². The standard InChI is InChI=1S/C16H19N5OS/c1-3-13(9-21-12-17-11-18-21)8-20(5-1)10-14-7-15(22-19-14)16-4-2-6-23-16/h2,4,6-7,11-13H,1,3,5,8-10H2/t13-/m0/s1. The van der Waals surface area contributed by atoms with Crippen LogP contribution < -0.4 is 0 Å². The Morgan fingerprint density at radius 3 is 3.22 bits per heavy atom. The molecular weight excluding hydrogens is 310 g/mol. The van der Waals surface area contributed by atoms with Gasteiger partial charge in [0.25, 0.3) is 0 Å². The summed E-state index contributed by atoms with van der Waals surface area (Å²) in [6, 6.07) is 6.15. The fourth-order valence-electron chi connectivity index (χ4n) is 3.19. The molecule has 1 atom stereocenters. The Hall–Kier alpha value is -1.99. The molecule has 1 aliphatic rings. The van der Waals surface area contributed by atoms with Gasteiger partial charge in [0.05, 0.1) is 10.6 Å². The number of nitrogens with zero attached hydrogens (tertiary/aromatic N) is 5. The van der Waals surface area contributed by atoms with Gasteiger partial charge in [-0.25, -0.2) is 4.98 Å². The van der Waals surface area contributed by atoms with Crippen LogP contribution in [0, 0.1) is 5.92 Å². The first kappa shape index (κ1) is 14.6. The van der Waals surface area contributed by atoms with Crippen molar-refractivity contribution in [3.05, 3.63) is 41.9 Å². The molecule has 1 fully saturated rings. The predicted octanol–water partition coefficient (Wildman–Crippen LogP) is 2.91. The van der Waals surface area contributed by atoms with Gasteiger partial charge >= 0.3 is 0 Å². The van der Waals surface area contributed by atoms with Crippen molar-refractivity contribution in [1.29, 1.82) is 0 Å². The van der Waals surface area contributed by atoms with Crippen molar-refractivity contribution in [2.45, 2.75) is 25.9 Å². The quantitative estimate of drug-likeness (QED) is 0.720. The van der Waals surface area contributed by atoms with Gasteiger partial charge < -0.3 is 4.52 Å². The summed E-state index contributed by atoms with van der Waals surface area (Å²) < 4.78 is 7.40. The molecule has 7 heteroatoms. The molecule has 1 saturated heterocycles. The number of piperidine rings is 1. The maximum atomic E-state index is 5.47. The molecule has 23 heavy (non-hydrogen) atoms. The highest BCUT2D eigenvalue weighted by Crippen LogP contribution is 2.26. The van der Waals surface area contributed by atoms with Gasteiger partial charge in [0.15, 0.2) is 5.76 Å². The Labute approximate surface area is 138 Å². The second-order valence-corrected chi connectivity index (χ2v) is 6.97. The number of rotatable bonds is 5. The van der Waals surface area contributed by atoms with E-state index in [-0.39, 0.29) is 0 Å². The van der Waals surface area contributed by atoms with E-state index in [1.54, 1.807) is 24.0 Å². The molecule has 0 spiro atoms. The molecule has 0 unspecified atom stereocenters. The van der Waals surface area contributed by atoms with Crippen LogP contribution in [0.25, 0.3) is 10.6 Å². The van der Waals surface area contributed by atoms with E-state index in [1.807, 2.05) is 10.7 Å². The van der Waals surface area contributed by atoms with Crippen molar-refractivity contribution in [2.24, 2.45) is 5.92 Å². The first-order valence-corrected chi connectivity index (χ1v) is 8.79. The maximum Gasteiger partial charge on any atom is 0.177 e. The Balaban J connectivity index is 1.37. The summed E-state index contributed by atoms with van der Waals surface area (Å²) in [5, 5.41) is 10.5. The summed E-state index contributed by atoms with van der Waals surface area (Å²) >= 11 is 1.67. The first-order valence-electron chi connectivity index (χ1n) is 7.91. The summed E-state index contributed by atoms with van der Waals surface area (Å²) in [5.74, 6) is 1.49. The third kappa shape index (κ3) is 3.51. The zero-order valence-electron chi connectivity index (χ0n) is 12.8. The molecule has 0 N–H and O–H groups in total. The summed E-state index contributed by atoms with van der Waals surface area (Å²) in [7, 11) is 0. The molecule has 0 radical (unpaired) electrons. The second-order valence-electron chi connectivity index (χ2n) is 6.02. The molecule has 0 amide bonds. The van der Waals surface area contributed by atoms with Crippen LogP contribution in [0.4, 0.5) is 0 Å². The Bertz CT molecular complexity index is 722. The molecule has 120 valence electrons. The van der Waals surface area contributed by atoms with Crippen LogP contribution in [0.15, 0.2) is 40.8 Å². The van der Waals surface area contributed by atoms with Crippen LogP contribution in [0.2, 0.25) is 0 Å². The smallest absolute Gasteiger partial charge is 0.177 e. The molecule has 0 saturated carbocycles. The minimum Gasteiger partial charge on any atom is -0.355 e. The molecule has 6 nitrogen and oxygen atoms in total. The van der Waals surface area contributed by atoms with Gasteiger partial charge in [-0.3, -0.25) is 9.58 Å². The van der Waals surface area contributed by atoms with Crippen LogP contribution >= 0.6 is 11.3 Å². The highest BCUT2D eigenvalue weighted by molar-refractivity contribution is 7.13. The number of likely N-dealkylation sites (tertiary alicyclic amines) is 1. The molecule has 0 bridgehead atoms. The number of aromatic nitrogens is 4. The summed E-state index contributed by atoms with van der Waals surface area (Å²) in [5.41, 5.74) is 1.01. The highest BCUT2D eigenvalue weighted by atomic mass is 32.1. The zero-order chi connectivity index (χ0) is 15.5. The van der Waals surface area contributed by atoms with Crippen LogP contribution in [0.5, 0.6) is 0 Å². The fraction of sp³-hybridized carbons (Fsp3) is 0.438. The molecule has 0 aromatic carbocycles. The van der Waals surface area contributed by atoms with Crippen molar-refractivity contribution >= 4 is 11.3 Å². The summed E-state index contributed by atoms with van der Waals surface area (Å²) in [6.07, 6.45) is 5.86. The van der Waals surface area contributed by atoms with Crippen molar-refractivity contribution in [3.8, 4) is 10.6 Å². The predicted molar refractivity (Wildman–Crippen MR) is 87.8 cm³/mol. The number of thiophene rings is 1. The van der Waals surface area contributed by atoms with Gasteiger partial charge in [0.1, 0.15) is 12.7 Å². The minimum atomic E-state index is 0.620. The number of hydrogen-bond donors (Lipinski definition) is 0. The summed E-state index contributed by atoms with van der Waals surface area (Å²) in [6.45, 7) is 3.98. The van der Waals surface area contributed by atoms with Gasteiger partial charge in [-0.05, 0) is 36.8 Å². The van der Waals surface area contributed by atoms with E-state index in [2.05, 4.69) is 37.7 Å². The lowest BCUT2D eigenvalue weighted by Crippen LogP contribution is -2.36. The van der Waals surface area contributed by atoms with E-state index >= 15 is 0 Å². The number of hydrogen-bond acceptors (Lipinski definition) is 6. The van der Waals surface area contributed by atoms with Crippen LogP contribution in [0.3, 0.4) is 0 Å². The van der Waals surface area contributed by atoms with E-state index in [0.29, 0.717) is 5.92 Å². The second kappa shape index (κ2) is 6.64. The fourth-order valence-corrected chi connectivity index (χ4v) is 3.86. The van der Waals surface area contributed by atoms with Gasteiger partial charge in [-0.15, -0.1) is 11.3 Å². The first-order chi connectivity index (χ1) is 11.4. The molecule has 0 aliphatic carbocycles. The van der Waals surface area contributed by atoms with E-state index in [1.165, 1.54) is 12.8 Å². The van der Waals surface area contributed by atoms with Gasteiger partial charge in [0.2, 0.25) is 0 Å². The molecule has 1 aliphatic heterocycles. The lowest BCUT2D eigenvalue weighted by Gasteiger charge is -2.31. The molecule has 3 aromatic heterocycles. The van der Waals surface area contributed by atoms with E-state index in [4.69, 9.17) is 4.52 Å². The average molecular weight is 329 g/mol. The lowest BCUT2D eigenvalue weighted by atomic mass is 9.98. The van der Waals surface area contributed by atoms with Crippen molar-refractivity contribution in [2.75, 3.05) is 13.1 Å². The maximum absolute atomic E-state index is 5.47. The van der Waals surface area contributed by atoms with E-state index in [0.717, 1.165) is 42.5 Å². The highest BCUT2D eigenvalue weighted by Gasteiger charge is 2.21. The molecule has 4 rings (SSSR count). The van der Waals surface area contributed by atoms with Crippen molar-refractivity contribution in [1.82, 2.24) is 24.8 Å². The van der Waals surface area contributed by atoms with Crippen LogP contribution in [0.1, 0.15) is 18.5 Å². The Morgan fingerprint density at radius 2 is 2.39 bits per heavy atom. The molecule has 4 heterocycles. The van der Waals surface area contributed by atoms with Crippen LogP contribution in [-0.4, -0.2) is 37.9 Å². The van der Waals surface area contributed by atoms with Gasteiger partial charge in [0, 0.05) is 25.7 Å². The molecular formula is C16H19N5OS. The lowest BCUT2D eigenvalue weighted by molar-refractivity contribution is 0.150. The topological polar surface area (TPSA) is 60.0 Å². The molecule has 3 aromatic rings. The van der Waals surface area contributed by atoms with E-state index < -0.39 is 0 Å². The largest absolute Gasteiger partial charge is 0.355 e. The van der Waals surface area contributed by atoms with Crippen molar-refractivity contribution < 1.29 is 4.52 Å².